The van der Waals surface area contributed by atoms with Crippen molar-refractivity contribution in [3.05, 3.63) is 53.9 Å². The summed E-state index contributed by atoms with van der Waals surface area (Å²) in [6.45, 7) is 3.80. The number of hydrogen-bond donors (Lipinski definition) is 0. The number of likely N-dealkylation sites (tertiary alicyclic amines) is 1. The maximum atomic E-state index is 14.4. The van der Waals surface area contributed by atoms with Gasteiger partial charge in [-0.2, -0.15) is 0 Å². The van der Waals surface area contributed by atoms with E-state index in [-0.39, 0.29) is 30.1 Å². The van der Waals surface area contributed by atoms with E-state index < -0.39 is 0 Å². The number of carbonyl (C=O) groups is 2. The number of aromatic nitrogens is 3. The number of pyridine rings is 2. The van der Waals surface area contributed by atoms with Crippen LogP contribution in [0.5, 0.6) is 5.88 Å². The Morgan fingerprint density at radius 1 is 0.938 bits per heavy atom. The molecule has 11 heteroatoms. The molecule has 0 spiro atoms. The Bertz CT molecular complexity index is 1580. The van der Waals surface area contributed by atoms with Crippen molar-refractivity contribution < 1.29 is 28.2 Å². The van der Waals surface area contributed by atoms with Crippen LogP contribution in [-0.4, -0.2) is 77.9 Å². The summed E-state index contributed by atoms with van der Waals surface area (Å²) in [6.07, 6.45) is 14.2. The smallest absolute Gasteiger partial charge is 0.410 e. The molecular weight excluding hydrogens is 610 g/mol. The molecule has 11 nitrogen and oxygen atoms in total. The van der Waals surface area contributed by atoms with Crippen molar-refractivity contribution in [1.82, 2.24) is 19.9 Å². The molecule has 1 aliphatic heterocycles. The number of carbonyl (C=O) groups excluding carboxylic acids is 2. The zero-order chi connectivity index (χ0) is 33.2. The van der Waals surface area contributed by atoms with E-state index in [1.54, 1.807) is 31.6 Å². The quantitative estimate of drug-likeness (QED) is 0.236. The molecule has 256 valence electrons. The summed E-state index contributed by atoms with van der Waals surface area (Å²) in [5, 5.41) is 0. The van der Waals surface area contributed by atoms with Gasteiger partial charge in [0.05, 0.1) is 26.3 Å². The van der Waals surface area contributed by atoms with Crippen LogP contribution in [0.4, 0.5) is 10.6 Å². The van der Waals surface area contributed by atoms with E-state index in [4.69, 9.17) is 28.6 Å². The van der Waals surface area contributed by atoms with E-state index in [9.17, 15) is 9.59 Å². The number of methoxy groups -OCH3 is 2. The summed E-state index contributed by atoms with van der Waals surface area (Å²) >= 11 is 0. The minimum absolute atomic E-state index is 0.0900. The Morgan fingerprint density at radius 3 is 2.38 bits per heavy atom. The van der Waals surface area contributed by atoms with Crippen LogP contribution in [0, 0.1) is 18.8 Å². The molecule has 48 heavy (non-hydrogen) atoms. The molecule has 0 atom stereocenters. The first-order valence-corrected chi connectivity index (χ1v) is 17.6. The van der Waals surface area contributed by atoms with Crippen molar-refractivity contribution >= 4 is 17.8 Å². The molecule has 3 aromatic heterocycles. The number of aryl methyl sites for hydroxylation is 1. The van der Waals surface area contributed by atoms with Crippen molar-refractivity contribution in [2.24, 2.45) is 11.8 Å². The number of ether oxygens (including phenoxy) is 3. The molecule has 4 heterocycles. The van der Waals surface area contributed by atoms with Crippen LogP contribution in [0.3, 0.4) is 0 Å². The summed E-state index contributed by atoms with van der Waals surface area (Å²) in [7, 11) is 3.31. The first-order valence-electron chi connectivity index (χ1n) is 17.6. The fourth-order valence-electron chi connectivity index (χ4n) is 7.52. The van der Waals surface area contributed by atoms with Crippen molar-refractivity contribution in [3.8, 4) is 17.1 Å². The topological polar surface area (TPSA) is 120 Å². The highest BCUT2D eigenvalue weighted by atomic mass is 16.6. The van der Waals surface area contributed by atoms with Crippen molar-refractivity contribution in [2.75, 3.05) is 38.8 Å². The van der Waals surface area contributed by atoms with E-state index in [0.29, 0.717) is 74.8 Å². The van der Waals surface area contributed by atoms with Crippen molar-refractivity contribution in [2.45, 2.75) is 95.2 Å². The van der Waals surface area contributed by atoms with E-state index in [1.165, 1.54) is 5.56 Å². The number of hydrogen-bond acceptors (Lipinski definition) is 9. The monoisotopic (exact) mass is 657 g/mol. The van der Waals surface area contributed by atoms with Crippen LogP contribution >= 0.6 is 0 Å². The molecule has 4 aliphatic rings. The van der Waals surface area contributed by atoms with E-state index in [0.717, 1.165) is 61.2 Å². The molecule has 7 rings (SSSR count). The number of rotatable bonds is 10. The normalized spacial score (nSPS) is 24.5. The molecule has 3 aromatic rings. The van der Waals surface area contributed by atoms with Gasteiger partial charge in [-0.1, -0.05) is 0 Å². The average Bonchev–Trinajstić information content (AvgIpc) is 3.82. The minimum atomic E-state index is -0.283. The van der Waals surface area contributed by atoms with Gasteiger partial charge >= 0.3 is 6.09 Å². The Hall–Kier alpha value is -3.99. The Balaban J connectivity index is 1.03. The van der Waals surface area contributed by atoms with Gasteiger partial charge in [0.2, 0.25) is 11.8 Å². The van der Waals surface area contributed by atoms with Crippen LogP contribution in [0.25, 0.3) is 11.3 Å². The highest BCUT2D eigenvalue weighted by molar-refractivity contribution is 5.94. The number of anilines is 1. The number of amides is 2. The van der Waals surface area contributed by atoms with Crippen LogP contribution in [0.15, 0.2) is 41.3 Å². The van der Waals surface area contributed by atoms with Gasteiger partial charge in [0.25, 0.3) is 0 Å². The molecule has 2 amide bonds. The van der Waals surface area contributed by atoms with Crippen molar-refractivity contribution in [3.63, 3.8) is 0 Å². The lowest BCUT2D eigenvalue weighted by molar-refractivity contribution is -0.124. The number of oxazole rings is 1. The molecule has 1 saturated heterocycles. The maximum absolute atomic E-state index is 14.4. The van der Waals surface area contributed by atoms with E-state index >= 15 is 0 Å². The second-order valence-corrected chi connectivity index (χ2v) is 14.1. The highest BCUT2D eigenvalue weighted by Gasteiger charge is 2.37. The van der Waals surface area contributed by atoms with Gasteiger partial charge in [-0.3, -0.25) is 9.69 Å². The zero-order valence-electron chi connectivity index (χ0n) is 28.3. The van der Waals surface area contributed by atoms with Crippen LogP contribution < -0.4 is 9.64 Å². The van der Waals surface area contributed by atoms with E-state index in [2.05, 4.69) is 11.1 Å². The predicted octanol–water partition coefficient (Wildman–Crippen LogP) is 6.66. The van der Waals surface area contributed by atoms with Crippen LogP contribution in [-0.2, 0) is 14.3 Å². The Kier molecular flexibility index (Phi) is 9.66. The third-order valence-electron chi connectivity index (χ3n) is 10.8. The van der Waals surface area contributed by atoms with Gasteiger partial charge in [-0.25, -0.2) is 19.7 Å². The summed E-state index contributed by atoms with van der Waals surface area (Å²) in [4.78, 5) is 44.5. The minimum Gasteiger partial charge on any atom is -0.481 e. The standard InChI is InChI=1S/C37H47N5O6/c1-23-16-29(18-39-34(23)46-3)25-6-4-24(5-7-25)19-42(33-17-28(14-15-38-33)32-22-47-35(40-32)26-8-9-26)36(43)27-10-12-30(13-11-27)48-37(44)41-20-31(21-41)45-2/h14-18,22,24-27,30-31H,4-13,19-21H2,1-3H3/t24-,25-,27-,30-. The maximum Gasteiger partial charge on any atom is 0.410 e. The average molecular weight is 658 g/mol. The number of nitrogens with zero attached hydrogens (tertiary/aromatic N) is 5. The lowest BCUT2D eigenvalue weighted by atomic mass is 9.78. The fourth-order valence-corrected chi connectivity index (χ4v) is 7.52. The van der Waals surface area contributed by atoms with Gasteiger partial charge in [-0.05, 0) is 107 Å². The van der Waals surface area contributed by atoms with Gasteiger partial charge in [0, 0.05) is 49.0 Å². The predicted molar refractivity (Wildman–Crippen MR) is 179 cm³/mol. The Morgan fingerprint density at radius 2 is 1.69 bits per heavy atom. The summed E-state index contributed by atoms with van der Waals surface area (Å²) in [5.41, 5.74) is 3.99. The van der Waals surface area contributed by atoms with Gasteiger partial charge in [-0.15, -0.1) is 0 Å². The molecule has 0 bridgehead atoms. The molecule has 0 N–H and O–H groups in total. The second kappa shape index (κ2) is 14.2. The first-order chi connectivity index (χ1) is 23.4. The summed E-state index contributed by atoms with van der Waals surface area (Å²) < 4.78 is 22.2. The Labute approximate surface area is 282 Å². The van der Waals surface area contributed by atoms with Crippen molar-refractivity contribution in [1.29, 1.82) is 0 Å². The largest absolute Gasteiger partial charge is 0.481 e. The van der Waals surface area contributed by atoms with Gasteiger partial charge in [0.15, 0.2) is 5.89 Å². The molecular formula is C37H47N5O6. The first kappa shape index (κ1) is 32.6. The molecule has 0 radical (unpaired) electrons. The zero-order valence-corrected chi connectivity index (χ0v) is 28.3. The third kappa shape index (κ3) is 7.21. The SMILES string of the molecule is COc1ncc([C@H]2CC[C@H](CN(c3cc(-c4coc(C5CC5)n4)ccn3)C(=O)[C@H]3CC[C@H](OC(=O)N4CC(OC)C4)CC3)CC2)cc1C. The summed E-state index contributed by atoms with van der Waals surface area (Å²) in [6, 6.07) is 6.12. The highest BCUT2D eigenvalue weighted by Crippen LogP contribution is 2.41. The van der Waals surface area contributed by atoms with Crippen LogP contribution in [0.2, 0.25) is 0 Å². The molecule has 0 aromatic carbocycles. The lowest BCUT2D eigenvalue weighted by Crippen LogP contribution is -2.55. The third-order valence-corrected chi connectivity index (χ3v) is 10.8. The molecule has 0 unspecified atom stereocenters. The van der Waals surface area contributed by atoms with Gasteiger partial charge < -0.3 is 23.5 Å². The molecule has 3 aliphatic carbocycles. The lowest BCUT2D eigenvalue weighted by Gasteiger charge is -2.39. The van der Waals surface area contributed by atoms with E-state index in [1.807, 2.05) is 30.2 Å². The summed E-state index contributed by atoms with van der Waals surface area (Å²) in [5.74, 6) is 3.32. The second-order valence-electron chi connectivity index (χ2n) is 14.1. The molecule has 4 fully saturated rings. The fraction of sp³-hybridized carbons (Fsp3) is 0.595. The molecule has 3 saturated carbocycles. The van der Waals surface area contributed by atoms with Gasteiger partial charge in [0.1, 0.15) is 23.9 Å². The van der Waals surface area contributed by atoms with Crippen LogP contribution in [0.1, 0.15) is 93.1 Å².